The Morgan fingerprint density at radius 1 is 1.04 bits per heavy atom. The summed E-state index contributed by atoms with van der Waals surface area (Å²) in [5.74, 6) is 0.310. The first-order valence-corrected chi connectivity index (χ1v) is 9.47. The van der Waals surface area contributed by atoms with Gasteiger partial charge >= 0.3 is 0 Å². The van der Waals surface area contributed by atoms with Crippen LogP contribution in [0.1, 0.15) is 41.3 Å². The third-order valence-electron chi connectivity index (χ3n) is 5.06. The molecule has 0 unspecified atom stereocenters. The van der Waals surface area contributed by atoms with Gasteiger partial charge < -0.3 is 5.32 Å². The van der Waals surface area contributed by atoms with Gasteiger partial charge in [-0.05, 0) is 65.4 Å². The lowest BCUT2D eigenvalue weighted by Crippen LogP contribution is -2.12. The number of carbonyl (C=O) groups excluding carboxylic acids is 1. The van der Waals surface area contributed by atoms with Gasteiger partial charge in [0.05, 0.1) is 11.7 Å². The fraction of sp³-hybridized carbons (Fsp3) is 0.167. The normalized spacial score (nSPS) is 11.1. The average Bonchev–Trinajstić information content (AvgIpc) is 3.16. The second-order valence-corrected chi connectivity index (χ2v) is 7.44. The van der Waals surface area contributed by atoms with E-state index in [4.69, 9.17) is 0 Å². The Hall–Kier alpha value is -3.40. The number of carbonyl (C=O) groups is 1. The lowest BCUT2D eigenvalue weighted by atomic mass is 9.97. The van der Waals surface area contributed by atoms with Gasteiger partial charge in [-0.15, -0.1) is 0 Å². The Morgan fingerprint density at radius 3 is 2.71 bits per heavy atom. The summed E-state index contributed by atoms with van der Waals surface area (Å²) in [5.41, 5.74) is 6.87. The van der Waals surface area contributed by atoms with Crippen LogP contribution in [0.3, 0.4) is 0 Å². The Balaban J connectivity index is 1.64. The molecule has 1 heterocycles. The number of amides is 1. The number of nitrogens with one attached hydrogen (secondary N) is 2. The van der Waals surface area contributed by atoms with E-state index in [1.54, 1.807) is 6.20 Å². The highest BCUT2D eigenvalue weighted by Crippen LogP contribution is 2.28. The largest absolute Gasteiger partial charge is 0.322 e. The number of aromatic nitrogens is 2. The van der Waals surface area contributed by atoms with Gasteiger partial charge in [0.15, 0.2) is 0 Å². The number of hydrogen-bond acceptors (Lipinski definition) is 2. The van der Waals surface area contributed by atoms with Crippen LogP contribution in [0, 0.1) is 6.92 Å². The SMILES string of the molecule is Cc1ccc(C(=O)Nc2cccc(C(C)C)c2)cc1-c1ccc2cn[nH]c2c1. The summed E-state index contributed by atoms with van der Waals surface area (Å²) in [6, 6.07) is 20.0. The van der Waals surface area contributed by atoms with Crippen LogP contribution in [0.2, 0.25) is 0 Å². The minimum atomic E-state index is -0.107. The zero-order valence-corrected chi connectivity index (χ0v) is 16.3. The van der Waals surface area contributed by atoms with E-state index in [0.29, 0.717) is 11.5 Å². The molecule has 3 aromatic carbocycles. The summed E-state index contributed by atoms with van der Waals surface area (Å²) >= 11 is 0. The number of H-pyrrole nitrogens is 1. The molecule has 1 aromatic heterocycles. The molecule has 140 valence electrons. The van der Waals surface area contributed by atoms with Gasteiger partial charge in [0.2, 0.25) is 0 Å². The van der Waals surface area contributed by atoms with Crippen LogP contribution >= 0.6 is 0 Å². The smallest absolute Gasteiger partial charge is 0.255 e. The molecular formula is C24H23N3O. The quantitative estimate of drug-likeness (QED) is 0.469. The van der Waals surface area contributed by atoms with Crippen molar-refractivity contribution in [1.82, 2.24) is 10.2 Å². The molecule has 0 saturated heterocycles. The molecule has 0 atom stereocenters. The lowest BCUT2D eigenvalue weighted by molar-refractivity contribution is 0.102. The van der Waals surface area contributed by atoms with Crippen LogP contribution in [0.15, 0.2) is 66.9 Å². The van der Waals surface area contributed by atoms with E-state index >= 15 is 0 Å². The molecule has 0 aliphatic heterocycles. The van der Waals surface area contributed by atoms with Crippen LogP contribution in [-0.4, -0.2) is 16.1 Å². The molecule has 2 N–H and O–H groups in total. The van der Waals surface area contributed by atoms with Gasteiger partial charge in [-0.3, -0.25) is 9.89 Å². The Labute approximate surface area is 164 Å². The number of nitrogens with zero attached hydrogens (tertiary/aromatic N) is 1. The predicted molar refractivity (Wildman–Crippen MR) is 115 cm³/mol. The Bertz CT molecular complexity index is 1160. The summed E-state index contributed by atoms with van der Waals surface area (Å²) in [5, 5.41) is 11.2. The van der Waals surface area contributed by atoms with Crippen molar-refractivity contribution in [2.75, 3.05) is 5.32 Å². The maximum Gasteiger partial charge on any atom is 0.255 e. The zero-order chi connectivity index (χ0) is 19.7. The molecule has 28 heavy (non-hydrogen) atoms. The molecule has 4 rings (SSSR count). The summed E-state index contributed by atoms with van der Waals surface area (Å²) in [6.07, 6.45) is 1.81. The van der Waals surface area contributed by atoms with Gasteiger partial charge in [0, 0.05) is 16.6 Å². The summed E-state index contributed by atoms with van der Waals surface area (Å²) < 4.78 is 0. The summed E-state index contributed by atoms with van der Waals surface area (Å²) in [6.45, 7) is 6.34. The van der Waals surface area contributed by atoms with E-state index in [2.05, 4.69) is 54.5 Å². The van der Waals surface area contributed by atoms with Crippen molar-refractivity contribution in [3.05, 3.63) is 83.6 Å². The van der Waals surface area contributed by atoms with Gasteiger partial charge in [-0.1, -0.05) is 44.2 Å². The molecule has 0 radical (unpaired) electrons. The lowest BCUT2D eigenvalue weighted by Gasteiger charge is -2.12. The number of benzene rings is 3. The molecule has 4 nitrogen and oxygen atoms in total. The average molecular weight is 369 g/mol. The van der Waals surface area contributed by atoms with E-state index in [-0.39, 0.29) is 5.91 Å². The third kappa shape index (κ3) is 3.54. The molecule has 4 heteroatoms. The van der Waals surface area contributed by atoms with Crippen molar-refractivity contribution < 1.29 is 4.79 Å². The van der Waals surface area contributed by atoms with Crippen molar-refractivity contribution in [3.8, 4) is 11.1 Å². The van der Waals surface area contributed by atoms with Crippen LogP contribution < -0.4 is 5.32 Å². The molecule has 0 saturated carbocycles. The molecule has 0 aliphatic carbocycles. The number of fused-ring (bicyclic) bond motifs is 1. The fourth-order valence-electron chi connectivity index (χ4n) is 3.36. The topological polar surface area (TPSA) is 57.8 Å². The first kappa shape index (κ1) is 18.0. The minimum absolute atomic E-state index is 0.107. The second-order valence-electron chi connectivity index (χ2n) is 7.44. The van der Waals surface area contributed by atoms with Gasteiger partial charge in [0.25, 0.3) is 5.91 Å². The summed E-state index contributed by atoms with van der Waals surface area (Å²) in [4.78, 5) is 12.8. The van der Waals surface area contributed by atoms with Gasteiger partial charge in [0.1, 0.15) is 0 Å². The van der Waals surface area contributed by atoms with Crippen LogP contribution in [-0.2, 0) is 0 Å². The second kappa shape index (κ2) is 7.31. The van der Waals surface area contributed by atoms with E-state index in [1.165, 1.54) is 5.56 Å². The van der Waals surface area contributed by atoms with E-state index in [9.17, 15) is 4.79 Å². The van der Waals surface area contributed by atoms with Crippen molar-refractivity contribution in [1.29, 1.82) is 0 Å². The predicted octanol–water partition coefficient (Wildman–Crippen LogP) is 5.91. The van der Waals surface area contributed by atoms with Crippen molar-refractivity contribution >= 4 is 22.5 Å². The highest BCUT2D eigenvalue weighted by molar-refractivity contribution is 6.05. The monoisotopic (exact) mass is 369 g/mol. The van der Waals surface area contributed by atoms with Crippen LogP contribution in [0.25, 0.3) is 22.0 Å². The van der Waals surface area contributed by atoms with Gasteiger partial charge in [-0.25, -0.2) is 0 Å². The first-order chi connectivity index (χ1) is 13.5. The summed E-state index contributed by atoms with van der Waals surface area (Å²) in [7, 11) is 0. The number of anilines is 1. The molecular weight excluding hydrogens is 346 g/mol. The number of aromatic amines is 1. The van der Waals surface area contributed by atoms with E-state index < -0.39 is 0 Å². The highest BCUT2D eigenvalue weighted by atomic mass is 16.1. The molecule has 1 amide bonds. The maximum atomic E-state index is 12.8. The number of hydrogen-bond donors (Lipinski definition) is 2. The van der Waals surface area contributed by atoms with Crippen LogP contribution in [0.4, 0.5) is 5.69 Å². The third-order valence-corrected chi connectivity index (χ3v) is 5.06. The fourth-order valence-corrected chi connectivity index (χ4v) is 3.36. The highest BCUT2D eigenvalue weighted by Gasteiger charge is 2.11. The molecule has 0 spiro atoms. The molecule has 0 fully saturated rings. The molecule has 0 bridgehead atoms. The van der Waals surface area contributed by atoms with Crippen molar-refractivity contribution in [2.45, 2.75) is 26.7 Å². The minimum Gasteiger partial charge on any atom is -0.322 e. The molecule has 4 aromatic rings. The van der Waals surface area contributed by atoms with Crippen molar-refractivity contribution in [3.63, 3.8) is 0 Å². The van der Waals surface area contributed by atoms with E-state index in [0.717, 1.165) is 33.3 Å². The maximum absolute atomic E-state index is 12.8. The standard InChI is InChI=1S/C24H23N3O/c1-15(2)17-5-4-6-21(11-17)26-24(28)19-8-7-16(3)22(12-19)18-9-10-20-14-25-27-23(20)13-18/h4-15H,1-3H3,(H,25,27)(H,26,28). The van der Waals surface area contributed by atoms with Crippen LogP contribution in [0.5, 0.6) is 0 Å². The first-order valence-electron chi connectivity index (χ1n) is 9.47. The van der Waals surface area contributed by atoms with Gasteiger partial charge in [-0.2, -0.15) is 5.10 Å². The number of aryl methyl sites for hydroxylation is 1. The Morgan fingerprint density at radius 2 is 1.89 bits per heavy atom. The zero-order valence-electron chi connectivity index (χ0n) is 16.3. The van der Waals surface area contributed by atoms with E-state index in [1.807, 2.05) is 42.5 Å². The van der Waals surface area contributed by atoms with Crippen molar-refractivity contribution in [2.24, 2.45) is 0 Å². The Kier molecular flexibility index (Phi) is 4.70. The number of rotatable bonds is 4. The molecule has 0 aliphatic rings.